The Bertz CT molecular complexity index is 1630. The summed E-state index contributed by atoms with van der Waals surface area (Å²) in [6.45, 7) is 5.58. The summed E-state index contributed by atoms with van der Waals surface area (Å²) in [5.41, 5.74) is 1.49. The Morgan fingerprint density at radius 1 is 0.891 bits per heavy atom. The van der Waals surface area contributed by atoms with Crippen molar-refractivity contribution in [1.29, 1.82) is 0 Å². The number of amides is 5. The maximum Gasteiger partial charge on any atom is 0.417 e. The van der Waals surface area contributed by atoms with Crippen molar-refractivity contribution >= 4 is 45.9 Å². The van der Waals surface area contributed by atoms with Gasteiger partial charge in [-0.25, -0.2) is 32.6 Å². The maximum atomic E-state index is 13.9. The number of carbonyl (C=O) groups is 6. The highest BCUT2D eigenvalue weighted by Crippen LogP contribution is 2.28. The molecule has 15 nitrogen and oxygen atoms in total. The molecule has 0 aromatic heterocycles. The van der Waals surface area contributed by atoms with E-state index in [9.17, 15) is 37.2 Å². The lowest BCUT2D eigenvalue weighted by Crippen LogP contribution is -2.60. The quantitative estimate of drug-likeness (QED) is 0.273. The summed E-state index contributed by atoms with van der Waals surface area (Å²) in [5.74, 6) is -4.05. The summed E-state index contributed by atoms with van der Waals surface area (Å²) in [4.78, 5) is 79.9. The molecule has 2 N–H and O–H groups in total. The van der Waals surface area contributed by atoms with Gasteiger partial charge in [0.15, 0.2) is 12.1 Å². The van der Waals surface area contributed by atoms with Crippen molar-refractivity contribution < 1.29 is 51.4 Å². The largest absolute Gasteiger partial charge is 0.467 e. The van der Waals surface area contributed by atoms with Crippen LogP contribution in [0.4, 0.5) is 9.59 Å². The Morgan fingerprint density at radius 2 is 1.46 bits per heavy atom. The summed E-state index contributed by atoms with van der Waals surface area (Å²) in [6.07, 6.45) is -4.94. The molecule has 2 aromatic rings. The van der Waals surface area contributed by atoms with E-state index in [1.54, 1.807) is 49.4 Å². The van der Waals surface area contributed by atoms with Gasteiger partial charge in [0.25, 0.3) is 11.8 Å². The molecule has 2 saturated heterocycles. The second kappa shape index (κ2) is 13.7. The number of sulfonamides is 1. The number of rotatable bonds is 10. The number of esters is 1. The lowest BCUT2D eigenvalue weighted by atomic mass is 10.0. The first-order valence-corrected chi connectivity index (χ1v) is 15.7. The fourth-order valence-corrected chi connectivity index (χ4v) is 6.36. The van der Waals surface area contributed by atoms with Gasteiger partial charge in [-0.1, -0.05) is 48.0 Å². The number of methoxy groups -OCH3 is 1. The van der Waals surface area contributed by atoms with Gasteiger partial charge >= 0.3 is 18.2 Å². The van der Waals surface area contributed by atoms with Crippen molar-refractivity contribution in [2.45, 2.75) is 75.4 Å². The molecule has 5 amide bonds. The molecule has 0 saturated carbocycles. The molecule has 2 heterocycles. The minimum Gasteiger partial charge on any atom is -0.467 e. The molecule has 2 aliphatic rings. The monoisotopic (exact) mass is 658 g/mol. The maximum absolute atomic E-state index is 13.9. The van der Waals surface area contributed by atoms with Gasteiger partial charge in [-0.05, 0) is 45.4 Å². The minimum absolute atomic E-state index is 0.0315. The van der Waals surface area contributed by atoms with Crippen molar-refractivity contribution in [3.8, 4) is 0 Å². The molecule has 0 spiro atoms. The molecular weight excluding hydrogens is 624 g/mol. The van der Waals surface area contributed by atoms with Gasteiger partial charge in [-0.3, -0.25) is 14.4 Å². The number of aryl methyl sites for hydroxylation is 1. The molecule has 16 heteroatoms. The summed E-state index contributed by atoms with van der Waals surface area (Å²) < 4.78 is 43.1. The van der Waals surface area contributed by atoms with Gasteiger partial charge < -0.3 is 19.5 Å². The molecule has 2 fully saturated rings. The molecular formula is C30H34N4O11S. The molecule has 246 valence electrons. The van der Waals surface area contributed by atoms with Crippen LogP contribution < -0.4 is 10.0 Å². The van der Waals surface area contributed by atoms with Gasteiger partial charge in [-0.15, -0.1) is 0 Å². The Morgan fingerprint density at radius 3 is 2.04 bits per heavy atom. The van der Waals surface area contributed by atoms with E-state index in [-0.39, 0.29) is 11.3 Å². The second-order valence-electron chi connectivity index (χ2n) is 10.9. The normalized spacial score (nSPS) is 22.5. The summed E-state index contributed by atoms with van der Waals surface area (Å²) in [6, 6.07) is 8.39. The van der Waals surface area contributed by atoms with Crippen LogP contribution in [0, 0.1) is 6.92 Å². The number of nitrogens with zero attached hydrogens (tertiary/aromatic N) is 2. The minimum atomic E-state index is -4.22. The first-order chi connectivity index (χ1) is 21.7. The molecule has 2 aromatic carbocycles. The van der Waals surface area contributed by atoms with E-state index >= 15 is 0 Å². The van der Waals surface area contributed by atoms with Gasteiger partial charge in [-0.2, -0.15) is 4.72 Å². The van der Waals surface area contributed by atoms with E-state index in [1.807, 2.05) is 0 Å². The number of nitrogens with one attached hydrogen (secondary N) is 2. The summed E-state index contributed by atoms with van der Waals surface area (Å²) >= 11 is 0. The standard InChI is InChI=1S/C30H34N4O11S/c1-16-11-13-21(14-12-16)46(41,42)32-17(2)26(36)34-24(19(4)45-30(34)40)27(37)33-23(18(3)44-29(33)39)25(35)31-22(28(38)43-5)15-20-9-7-6-8-10-20/h6-14,17-19,22-24,32H,15H2,1-5H3,(H,31,35)/t17-,18+,19+,22-,23-,24-/m0/s1. The Balaban J connectivity index is 1.57. The van der Waals surface area contributed by atoms with Crippen LogP contribution in [0.25, 0.3) is 0 Å². The van der Waals surface area contributed by atoms with Gasteiger partial charge in [0.2, 0.25) is 15.9 Å². The van der Waals surface area contributed by atoms with E-state index in [0.29, 0.717) is 15.4 Å². The molecule has 4 rings (SSSR count). The fraction of sp³-hybridized carbons (Fsp3) is 0.400. The van der Waals surface area contributed by atoms with Crippen LogP contribution in [-0.4, -0.2) is 97.6 Å². The number of ether oxygens (including phenoxy) is 3. The van der Waals surface area contributed by atoms with Crippen molar-refractivity contribution in [2.24, 2.45) is 0 Å². The molecule has 0 radical (unpaired) electrons. The SMILES string of the molecule is COC(=O)[C@H](Cc1ccccc1)NC(=O)[C@@H]1[C@@H](C)OC(=O)N1C(=O)[C@@H]1[C@@H](C)OC(=O)N1C(=O)[C@H](C)NS(=O)(=O)c1ccc(C)cc1. The van der Waals surface area contributed by atoms with Crippen LogP contribution in [0.15, 0.2) is 59.5 Å². The highest BCUT2D eigenvalue weighted by molar-refractivity contribution is 7.89. The average Bonchev–Trinajstić information content (AvgIpc) is 3.48. The zero-order valence-corrected chi connectivity index (χ0v) is 26.5. The topological polar surface area (TPSA) is 195 Å². The predicted octanol–water partition coefficient (Wildman–Crippen LogP) is 1.03. The Kier molecular flexibility index (Phi) is 10.1. The number of hydrogen-bond acceptors (Lipinski definition) is 11. The number of cyclic esters (lactones) is 2. The number of carbonyl (C=O) groups excluding carboxylic acids is 6. The van der Waals surface area contributed by atoms with Crippen molar-refractivity contribution in [2.75, 3.05) is 7.11 Å². The van der Waals surface area contributed by atoms with Crippen LogP contribution in [0.5, 0.6) is 0 Å². The van der Waals surface area contributed by atoms with Gasteiger partial charge in [0.1, 0.15) is 18.2 Å². The van der Waals surface area contributed by atoms with E-state index in [4.69, 9.17) is 14.2 Å². The van der Waals surface area contributed by atoms with Gasteiger partial charge in [0.05, 0.1) is 18.0 Å². The van der Waals surface area contributed by atoms with Crippen LogP contribution in [0.1, 0.15) is 31.9 Å². The lowest BCUT2D eigenvalue weighted by Gasteiger charge is -2.29. The van der Waals surface area contributed by atoms with Crippen LogP contribution >= 0.6 is 0 Å². The first-order valence-electron chi connectivity index (χ1n) is 14.2. The zero-order chi connectivity index (χ0) is 33.9. The number of benzene rings is 2. The van der Waals surface area contributed by atoms with Crippen molar-refractivity contribution in [3.63, 3.8) is 0 Å². The van der Waals surface area contributed by atoms with E-state index in [1.165, 1.54) is 32.9 Å². The molecule has 0 bridgehead atoms. The molecule has 6 atom stereocenters. The summed E-state index contributed by atoms with van der Waals surface area (Å²) in [7, 11) is -3.09. The first kappa shape index (κ1) is 34.1. The predicted molar refractivity (Wildman–Crippen MR) is 158 cm³/mol. The van der Waals surface area contributed by atoms with E-state index < -0.39 is 82.3 Å². The molecule has 0 aliphatic carbocycles. The third-order valence-corrected chi connectivity index (χ3v) is 9.08. The average molecular weight is 659 g/mol. The number of imide groups is 2. The van der Waals surface area contributed by atoms with Crippen LogP contribution in [0.3, 0.4) is 0 Å². The van der Waals surface area contributed by atoms with Crippen molar-refractivity contribution in [3.05, 3.63) is 65.7 Å². The number of hydrogen-bond donors (Lipinski definition) is 2. The lowest BCUT2D eigenvalue weighted by molar-refractivity contribution is -0.147. The smallest absolute Gasteiger partial charge is 0.417 e. The zero-order valence-electron chi connectivity index (χ0n) is 25.7. The Hall–Kier alpha value is -4.83. The highest BCUT2D eigenvalue weighted by atomic mass is 32.2. The van der Waals surface area contributed by atoms with E-state index in [0.717, 1.165) is 12.7 Å². The highest BCUT2D eigenvalue weighted by Gasteiger charge is 2.56. The second-order valence-corrected chi connectivity index (χ2v) is 12.6. The fourth-order valence-electron chi connectivity index (χ4n) is 5.17. The van der Waals surface area contributed by atoms with Crippen LogP contribution in [0.2, 0.25) is 0 Å². The van der Waals surface area contributed by atoms with Crippen LogP contribution in [-0.2, 0) is 49.8 Å². The summed E-state index contributed by atoms with van der Waals surface area (Å²) in [5, 5.41) is 2.51. The van der Waals surface area contributed by atoms with E-state index in [2.05, 4.69) is 10.0 Å². The Labute approximate surface area is 265 Å². The molecule has 2 aliphatic heterocycles. The molecule has 46 heavy (non-hydrogen) atoms. The third-order valence-electron chi connectivity index (χ3n) is 7.53. The van der Waals surface area contributed by atoms with Gasteiger partial charge in [0, 0.05) is 6.42 Å². The third kappa shape index (κ3) is 7.02. The molecule has 0 unspecified atom stereocenters. The van der Waals surface area contributed by atoms with Crippen molar-refractivity contribution in [1.82, 2.24) is 19.8 Å².